The molecule has 1 aromatic carbocycles. The molecule has 0 saturated carbocycles. The maximum absolute atomic E-state index is 5.67. The molecule has 0 aliphatic carbocycles. The molecule has 16 heavy (non-hydrogen) atoms. The van der Waals surface area contributed by atoms with Crippen LogP contribution in [0.25, 0.3) is 11.4 Å². The highest BCUT2D eigenvalue weighted by Crippen LogP contribution is 2.23. The molecule has 3 nitrogen and oxygen atoms in total. The second-order valence-corrected chi connectivity index (χ2v) is 3.89. The summed E-state index contributed by atoms with van der Waals surface area (Å²) in [5.41, 5.74) is 9.22. The zero-order chi connectivity index (χ0) is 11.5. The summed E-state index contributed by atoms with van der Waals surface area (Å²) in [6.07, 6.45) is 3.84. The molecule has 0 saturated heterocycles. The van der Waals surface area contributed by atoms with Gasteiger partial charge in [-0.1, -0.05) is 12.1 Å². The molecule has 0 amide bonds. The fraction of sp³-hybridized carbons (Fsp3) is 0.308. The predicted octanol–water partition coefficient (Wildman–Crippen LogP) is 2.34. The van der Waals surface area contributed by atoms with Crippen LogP contribution >= 0.6 is 0 Å². The topological polar surface area (TPSA) is 43.8 Å². The Morgan fingerprint density at radius 2 is 2.19 bits per heavy atom. The van der Waals surface area contributed by atoms with Crippen LogP contribution in [0.5, 0.6) is 0 Å². The van der Waals surface area contributed by atoms with Crippen LogP contribution in [0.4, 0.5) is 0 Å². The molecule has 0 atom stereocenters. The van der Waals surface area contributed by atoms with E-state index in [1.807, 2.05) is 12.4 Å². The molecule has 0 aliphatic heterocycles. The minimum absolute atomic E-state index is 0.570. The summed E-state index contributed by atoms with van der Waals surface area (Å²) < 4.78 is 2.14. The number of nitrogens with two attached hydrogens (primary N) is 1. The van der Waals surface area contributed by atoms with Crippen LogP contribution in [0.15, 0.2) is 30.6 Å². The monoisotopic (exact) mass is 215 g/mol. The number of hydrogen-bond donors (Lipinski definition) is 1. The smallest absolute Gasteiger partial charge is 0.140 e. The van der Waals surface area contributed by atoms with E-state index >= 15 is 0 Å². The van der Waals surface area contributed by atoms with Crippen LogP contribution in [-0.4, -0.2) is 9.55 Å². The van der Waals surface area contributed by atoms with Crippen LogP contribution in [0.1, 0.15) is 18.1 Å². The molecular formula is C13H17N3. The van der Waals surface area contributed by atoms with Crippen molar-refractivity contribution >= 4 is 0 Å². The van der Waals surface area contributed by atoms with E-state index in [0.29, 0.717) is 6.54 Å². The summed E-state index contributed by atoms with van der Waals surface area (Å²) in [5.74, 6) is 1.02. The lowest BCUT2D eigenvalue weighted by atomic mass is 10.0. The molecule has 0 spiro atoms. The molecule has 0 radical (unpaired) electrons. The van der Waals surface area contributed by atoms with E-state index in [4.69, 9.17) is 5.73 Å². The predicted molar refractivity (Wildman–Crippen MR) is 66.0 cm³/mol. The lowest BCUT2D eigenvalue weighted by Crippen LogP contribution is -2.01. The third-order valence-electron chi connectivity index (χ3n) is 2.83. The first-order valence-electron chi connectivity index (χ1n) is 5.57. The Hall–Kier alpha value is -1.61. The van der Waals surface area contributed by atoms with Gasteiger partial charge >= 0.3 is 0 Å². The summed E-state index contributed by atoms with van der Waals surface area (Å²) in [5, 5.41) is 0. The molecule has 3 heteroatoms. The molecule has 1 heterocycles. The fourth-order valence-electron chi connectivity index (χ4n) is 1.85. The maximum Gasteiger partial charge on any atom is 0.140 e. The minimum atomic E-state index is 0.570. The zero-order valence-electron chi connectivity index (χ0n) is 9.77. The van der Waals surface area contributed by atoms with E-state index < -0.39 is 0 Å². The number of nitrogens with zero attached hydrogens (tertiary/aromatic N) is 2. The van der Waals surface area contributed by atoms with Crippen LogP contribution < -0.4 is 5.73 Å². The number of aryl methyl sites for hydroxylation is 2. The van der Waals surface area contributed by atoms with Gasteiger partial charge in [0.2, 0.25) is 0 Å². The van der Waals surface area contributed by atoms with Crippen molar-refractivity contribution in [1.29, 1.82) is 0 Å². The van der Waals surface area contributed by atoms with Crippen molar-refractivity contribution < 1.29 is 0 Å². The lowest BCUT2D eigenvalue weighted by Gasteiger charge is -2.09. The molecular weight excluding hydrogens is 198 g/mol. The van der Waals surface area contributed by atoms with Crippen molar-refractivity contribution in [3.05, 3.63) is 41.7 Å². The normalized spacial score (nSPS) is 10.7. The Morgan fingerprint density at radius 3 is 2.88 bits per heavy atom. The third kappa shape index (κ3) is 1.86. The Balaban J connectivity index is 2.54. The van der Waals surface area contributed by atoms with Gasteiger partial charge in [-0.25, -0.2) is 4.98 Å². The van der Waals surface area contributed by atoms with Crippen molar-refractivity contribution in [2.45, 2.75) is 26.9 Å². The largest absolute Gasteiger partial charge is 0.331 e. The van der Waals surface area contributed by atoms with Crippen molar-refractivity contribution in [1.82, 2.24) is 9.55 Å². The standard InChI is InChI=1S/C13H17N3/c1-3-16-7-6-15-13(16)12-8-11(9-14)5-4-10(12)2/h4-8H,3,9,14H2,1-2H3. The summed E-state index contributed by atoms with van der Waals surface area (Å²) in [6, 6.07) is 6.30. The summed E-state index contributed by atoms with van der Waals surface area (Å²) in [4.78, 5) is 4.42. The number of aromatic nitrogens is 2. The van der Waals surface area contributed by atoms with Crippen molar-refractivity contribution in [2.75, 3.05) is 0 Å². The number of imidazole rings is 1. The molecule has 0 aliphatic rings. The first-order valence-corrected chi connectivity index (χ1v) is 5.57. The van der Waals surface area contributed by atoms with Gasteiger partial charge in [-0.15, -0.1) is 0 Å². The van der Waals surface area contributed by atoms with Crippen molar-refractivity contribution in [3.63, 3.8) is 0 Å². The third-order valence-corrected chi connectivity index (χ3v) is 2.83. The van der Waals surface area contributed by atoms with Crippen LogP contribution in [0, 0.1) is 6.92 Å². The SMILES string of the molecule is CCn1ccnc1-c1cc(CN)ccc1C. The van der Waals surface area contributed by atoms with Crippen LogP contribution in [0.2, 0.25) is 0 Å². The lowest BCUT2D eigenvalue weighted by molar-refractivity contribution is 0.770. The molecule has 0 fully saturated rings. The highest BCUT2D eigenvalue weighted by molar-refractivity contribution is 5.61. The van der Waals surface area contributed by atoms with Gasteiger partial charge in [-0.2, -0.15) is 0 Å². The Morgan fingerprint density at radius 1 is 1.38 bits per heavy atom. The number of benzene rings is 1. The molecule has 1 aromatic heterocycles. The second kappa shape index (κ2) is 4.49. The minimum Gasteiger partial charge on any atom is -0.331 e. The Labute approximate surface area is 95.9 Å². The molecule has 0 bridgehead atoms. The fourth-order valence-corrected chi connectivity index (χ4v) is 1.85. The van der Waals surface area contributed by atoms with Crippen LogP contribution in [0.3, 0.4) is 0 Å². The highest BCUT2D eigenvalue weighted by atomic mass is 15.1. The van der Waals surface area contributed by atoms with E-state index in [-0.39, 0.29) is 0 Å². The number of rotatable bonds is 3. The molecule has 84 valence electrons. The van der Waals surface area contributed by atoms with Gasteiger partial charge in [0.1, 0.15) is 5.82 Å². The summed E-state index contributed by atoms with van der Waals surface area (Å²) in [6.45, 7) is 5.72. The van der Waals surface area contributed by atoms with Crippen molar-refractivity contribution in [2.24, 2.45) is 5.73 Å². The van der Waals surface area contributed by atoms with Gasteiger partial charge in [-0.3, -0.25) is 0 Å². The summed E-state index contributed by atoms with van der Waals surface area (Å²) in [7, 11) is 0. The quantitative estimate of drug-likeness (QED) is 0.854. The zero-order valence-corrected chi connectivity index (χ0v) is 9.77. The molecule has 2 aromatic rings. The van der Waals surface area contributed by atoms with E-state index in [9.17, 15) is 0 Å². The van der Waals surface area contributed by atoms with Gasteiger partial charge in [0.25, 0.3) is 0 Å². The van der Waals surface area contributed by atoms with E-state index in [0.717, 1.165) is 17.9 Å². The number of hydrogen-bond acceptors (Lipinski definition) is 2. The molecule has 2 N–H and O–H groups in total. The van der Waals surface area contributed by atoms with E-state index in [1.165, 1.54) is 11.1 Å². The Bertz CT molecular complexity index is 486. The second-order valence-electron chi connectivity index (χ2n) is 3.89. The maximum atomic E-state index is 5.67. The van der Waals surface area contributed by atoms with Crippen molar-refractivity contribution in [3.8, 4) is 11.4 Å². The Kier molecular flexibility index (Phi) is 3.06. The summed E-state index contributed by atoms with van der Waals surface area (Å²) >= 11 is 0. The van der Waals surface area contributed by atoms with Gasteiger partial charge in [-0.05, 0) is 31.0 Å². The van der Waals surface area contributed by atoms with E-state index in [2.05, 4.69) is 41.6 Å². The highest BCUT2D eigenvalue weighted by Gasteiger charge is 2.08. The van der Waals surface area contributed by atoms with E-state index in [1.54, 1.807) is 0 Å². The van der Waals surface area contributed by atoms with Gasteiger partial charge in [0.15, 0.2) is 0 Å². The van der Waals surface area contributed by atoms with Gasteiger partial charge < -0.3 is 10.3 Å². The average Bonchev–Trinajstić information content (AvgIpc) is 2.77. The first kappa shape index (κ1) is 10.9. The van der Waals surface area contributed by atoms with Crippen LogP contribution in [-0.2, 0) is 13.1 Å². The molecule has 2 rings (SSSR count). The van der Waals surface area contributed by atoms with Gasteiger partial charge in [0.05, 0.1) is 0 Å². The first-order chi connectivity index (χ1) is 7.76. The molecule has 0 unspecified atom stereocenters. The average molecular weight is 215 g/mol. The van der Waals surface area contributed by atoms with Gasteiger partial charge in [0, 0.05) is 31.0 Å².